The fourth-order valence-electron chi connectivity index (χ4n) is 1.49. The molecule has 0 spiro atoms. The third-order valence-corrected chi connectivity index (χ3v) is 2.53. The molecule has 7 heteroatoms. The van der Waals surface area contributed by atoms with Crippen molar-refractivity contribution in [1.29, 1.82) is 0 Å². The van der Waals surface area contributed by atoms with E-state index in [1.54, 1.807) is 19.1 Å². The standard InChI is InChI=1S/C10H15N5O2/c1-7(16)5-6-14(2)9-4-3-8-11-12-10(17)15(8)13-9/h3-4,7,16H,5-6H2,1-2H3,(H,12,17). The van der Waals surface area contributed by atoms with Crippen LogP contribution in [0.25, 0.3) is 5.65 Å². The third-order valence-electron chi connectivity index (χ3n) is 2.53. The van der Waals surface area contributed by atoms with Gasteiger partial charge in [-0.1, -0.05) is 0 Å². The number of aliphatic hydroxyl groups is 1. The van der Waals surface area contributed by atoms with Crippen LogP contribution < -0.4 is 10.6 Å². The Hall–Kier alpha value is -1.89. The minimum absolute atomic E-state index is 0.349. The van der Waals surface area contributed by atoms with Gasteiger partial charge in [0, 0.05) is 13.6 Å². The largest absolute Gasteiger partial charge is 0.393 e. The van der Waals surface area contributed by atoms with Crippen molar-refractivity contribution in [2.24, 2.45) is 0 Å². The zero-order valence-electron chi connectivity index (χ0n) is 9.79. The van der Waals surface area contributed by atoms with Gasteiger partial charge in [-0.15, -0.1) is 5.10 Å². The Balaban J connectivity index is 2.23. The van der Waals surface area contributed by atoms with Crippen LogP contribution in [0.1, 0.15) is 13.3 Å². The highest BCUT2D eigenvalue weighted by Crippen LogP contribution is 2.09. The molecule has 0 saturated heterocycles. The van der Waals surface area contributed by atoms with Crippen molar-refractivity contribution in [2.45, 2.75) is 19.4 Å². The molecule has 17 heavy (non-hydrogen) atoms. The van der Waals surface area contributed by atoms with Gasteiger partial charge in [0.25, 0.3) is 0 Å². The second-order valence-corrected chi connectivity index (χ2v) is 4.05. The number of hydrogen-bond acceptors (Lipinski definition) is 5. The number of hydrogen-bond donors (Lipinski definition) is 2. The van der Waals surface area contributed by atoms with E-state index >= 15 is 0 Å². The van der Waals surface area contributed by atoms with Gasteiger partial charge in [0.2, 0.25) is 0 Å². The summed E-state index contributed by atoms with van der Waals surface area (Å²) >= 11 is 0. The highest BCUT2D eigenvalue weighted by molar-refractivity contribution is 5.44. The summed E-state index contributed by atoms with van der Waals surface area (Å²) in [7, 11) is 1.86. The van der Waals surface area contributed by atoms with Gasteiger partial charge in [-0.2, -0.15) is 9.61 Å². The molecule has 0 fully saturated rings. The van der Waals surface area contributed by atoms with Crippen molar-refractivity contribution in [2.75, 3.05) is 18.5 Å². The van der Waals surface area contributed by atoms with Crippen LogP contribution in [0.3, 0.4) is 0 Å². The summed E-state index contributed by atoms with van der Waals surface area (Å²) in [6.45, 7) is 2.41. The highest BCUT2D eigenvalue weighted by Gasteiger charge is 2.07. The van der Waals surface area contributed by atoms with Crippen LogP contribution in [0.4, 0.5) is 5.82 Å². The fraction of sp³-hybridized carbons (Fsp3) is 0.500. The Morgan fingerprint density at radius 3 is 3.06 bits per heavy atom. The van der Waals surface area contributed by atoms with Crippen LogP contribution in [0.5, 0.6) is 0 Å². The molecule has 92 valence electrons. The van der Waals surface area contributed by atoms with E-state index in [0.29, 0.717) is 24.4 Å². The lowest BCUT2D eigenvalue weighted by atomic mass is 10.3. The Labute approximate surface area is 97.7 Å². The van der Waals surface area contributed by atoms with Crippen molar-refractivity contribution in [3.63, 3.8) is 0 Å². The van der Waals surface area contributed by atoms with Crippen LogP contribution in [-0.4, -0.2) is 44.6 Å². The summed E-state index contributed by atoms with van der Waals surface area (Å²) < 4.78 is 1.22. The Bertz CT molecular complexity index is 559. The summed E-state index contributed by atoms with van der Waals surface area (Å²) in [5, 5.41) is 19.5. The molecule has 0 aromatic carbocycles. The van der Waals surface area contributed by atoms with E-state index < -0.39 is 0 Å². The van der Waals surface area contributed by atoms with Gasteiger partial charge in [0.15, 0.2) is 5.65 Å². The van der Waals surface area contributed by atoms with E-state index in [4.69, 9.17) is 0 Å². The summed E-state index contributed by atoms with van der Waals surface area (Å²) in [4.78, 5) is 13.2. The van der Waals surface area contributed by atoms with Crippen molar-refractivity contribution in [1.82, 2.24) is 19.8 Å². The first-order valence-electron chi connectivity index (χ1n) is 5.41. The first-order valence-corrected chi connectivity index (χ1v) is 5.41. The number of fused-ring (bicyclic) bond motifs is 1. The molecule has 0 saturated carbocycles. The molecule has 0 aliphatic heterocycles. The van der Waals surface area contributed by atoms with Crippen LogP contribution in [0.2, 0.25) is 0 Å². The van der Waals surface area contributed by atoms with Crippen molar-refractivity contribution >= 4 is 11.5 Å². The molecule has 0 bridgehead atoms. The first-order chi connectivity index (χ1) is 8.08. The molecule has 0 aliphatic carbocycles. The molecule has 2 aromatic heterocycles. The molecule has 1 atom stereocenters. The Kier molecular flexibility index (Phi) is 3.10. The predicted molar refractivity (Wildman–Crippen MR) is 63.2 cm³/mol. The van der Waals surface area contributed by atoms with Gasteiger partial charge in [-0.05, 0) is 25.5 Å². The number of nitrogens with one attached hydrogen (secondary N) is 1. The van der Waals surface area contributed by atoms with Crippen molar-refractivity contribution in [3.8, 4) is 0 Å². The van der Waals surface area contributed by atoms with E-state index in [2.05, 4.69) is 15.3 Å². The minimum Gasteiger partial charge on any atom is -0.393 e. The van der Waals surface area contributed by atoms with Crippen molar-refractivity contribution in [3.05, 3.63) is 22.6 Å². The minimum atomic E-state index is -0.356. The van der Waals surface area contributed by atoms with Gasteiger partial charge in [0.1, 0.15) is 5.82 Å². The van der Waals surface area contributed by atoms with Crippen LogP contribution in [0.15, 0.2) is 16.9 Å². The first kappa shape index (κ1) is 11.6. The molecular weight excluding hydrogens is 222 g/mol. The zero-order valence-corrected chi connectivity index (χ0v) is 9.79. The Morgan fingerprint density at radius 2 is 2.35 bits per heavy atom. The second kappa shape index (κ2) is 4.54. The number of aromatic nitrogens is 4. The van der Waals surface area contributed by atoms with Crippen LogP contribution in [0, 0.1) is 0 Å². The van der Waals surface area contributed by atoms with Gasteiger partial charge in [-0.25, -0.2) is 9.89 Å². The zero-order chi connectivity index (χ0) is 12.4. The summed E-state index contributed by atoms with van der Waals surface area (Å²) in [6, 6.07) is 3.51. The maximum atomic E-state index is 11.3. The molecule has 7 nitrogen and oxygen atoms in total. The third kappa shape index (κ3) is 2.44. The molecule has 0 radical (unpaired) electrons. The smallest absolute Gasteiger partial charge is 0.364 e. The van der Waals surface area contributed by atoms with Gasteiger partial charge >= 0.3 is 5.69 Å². The SMILES string of the molecule is CC(O)CCN(C)c1ccc2n[nH]c(=O)n2n1. The highest BCUT2D eigenvalue weighted by atomic mass is 16.3. The van der Waals surface area contributed by atoms with E-state index in [0.717, 1.165) is 0 Å². The predicted octanol–water partition coefficient (Wildman–Crippen LogP) is -0.375. The average molecular weight is 237 g/mol. The normalized spacial score (nSPS) is 12.9. The van der Waals surface area contributed by atoms with Gasteiger partial charge in [0.05, 0.1) is 6.10 Å². The van der Waals surface area contributed by atoms with Crippen molar-refractivity contribution < 1.29 is 5.11 Å². The molecular formula is C10H15N5O2. The quantitative estimate of drug-likeness (QED) is 0.757. The van der Waals surface area contributed by atoms with Crippen LogP contribution in [-0.2, 0) is 0 Å². The average Bonchev–Trinajstić information content (AvgIpc) is 2.67. The summed E-state index contributed by atoms with van der Waals surface area (Å²) in [5.74, 6) is 0.668. The van der Waals surface area contributed by atoms with Gasteiger partial charge in [-0.3, -0.25) is 0 Å². The fourth-order valence-corrected chi connectivity index (χ4v) is 1.49. The number of aliphatic hydroxyl groups excluding tert-OH is 1. The monoisotopic (exact) mass is 237 g/mol. The van der Waals surface area contributed by atoms with Crippen LogP contribution >= 0.6 is 0 Å². The summed E-state index contributed by atoms with van der Waals surface area (Å²) in [5.41, 5.74) is 0.133. The lowest BCUT2D eigenvalue weighted by Gasteiger charge is -2.18. The topological polar surface area (TPSA) is 86.5 Å². The number of nitrogens with zero attached hydrogens (tertiary/aromatic N) is 4. The number of rotatable bonds is 4. The summed E-state index contributed by atoms with van der Waals surface area (Å²) in [6.07, 6.45) is 0.300. The lowest BCUT2D eigenvalue weighted by Crippen LogP contribution is -2.24. The molecule has 2 heterocycles. The van der Waals surface area contributed by atoms with Gasteiger partial charge < -0.3 is 10.0 Å². The number of aromatic amines is 1. The number of anilines is 1. The second-order valence-electron chi connectivity index (χ2n) is 4.05. The molecule has 2 rings (SSSR count). The molecule has 0 aliphatic rings. The van der Waals surface area contributed by atoms with E-state index in [-0.39, 0.29) is 11.8 Å². The number of H-pyrrole nitrogens is 1. The maximum Gasteiger partial charge on any atom is 0.364 e. The lowest BCUT2D eigenvalue weighted by molar-refractivity contribution is 0.187. The van der Waals surface area contributed by atoms with E-state index in [9.17, 15) is 9.90 Å². The molecule has 0 amide bonds. The maximum absolute atomic E-state index is 11.3. The van der Waals surface area contributed by atoms with E-state index in [1.807, 2.05) is 11.9 Å². The molecule has 2 N–H and O–H groups in total. The Morgan fingerprint density at radius 1 is 1.59 bits per heavy atom. The molecule has 2 aromatic rings. The molecule has 1 unspecified atom stereocenters. The van der Waals surface area contributed by atoms with E-state index in [1.165, 1.54) is 4.52 Å².